The Bertz CT molecular complexity index is 1430. The zero-order valence-electron chi connectivity index (χ0n) is 26.6. The molecule has 3 fully saturated rings. The highest BCUT2D eigenvalue weighted by molar-refractivity contribution is 5.80. The van der Waals surface area contributed by atoms with Crippen LogP contribution in [0.2, 0.25) is 0 Å². The molecular formula is C32H46F2N8O3. The Morgan fingerprint density at radius 2 is 1.98 bits per heavy atom. The minimum absolute atomic E-state index is 0.0743. The summed E-state index contributed by atoms with van der Waals surface area (Å²) < 4.78 is 36.5. The number of anilines is 1. The molecule has 45 heavy (non-hydrogen) atoms. The molecule has 0 bridgehead atoms. The van der Waals surface area contributed by atoms with E-state index in [9.17, 15) is 18.4 Å². The molecule has 3 aliphatic rings. The number of rotatable bonds is 9. The first-order valence-corrected chi connectivity index (χ1v) is 16.2. The number of nitrogens with zero attached hydrogens (tertiary/aromatic N) is 6. The molecule has 5 heterocycles. The van der Waals surface area contributed by atoms with Crippen LogP contribution in [0.5, 0.6) is 0 Å². The molecule has 0 radical (unpaired) electrons. The van der Waals surface area contributed by atoms with E-state index in [0.29, 0.717) is 31.0 Å². The van der Waals surface area contributed by atoms with Crippen LogP contribution in [-0.4, -0.2) is 82.4 Å². The molecule has 2 aliphatic heterocycles. The van der Waals surface area contributed by atoms with Gasteiger partial charge >= 0.3 is 0 Å². The van der Waals surface area contributed by atoms with Gasteiger partial charge in [-0.25, -0.2) is 18.3 Å². The Labute approximate surface area is 263 Å². The molecule has 1 aliphatic carbocycles. The van der Waals surface area contributed by atoms with E-state index in [4.69, 9.17) is 14.8 Å². The summed E-state index contributed by atoms with van der Waals surface area (Å²) in [6, 6.07) is 4.00. The van der Waals surface area contributed by atoms with Gasteiger partial charge in [0.25, 0.3) is 0 Å². The van der Waals surface area contributed by atoms with Crippen LogP contribution in [0.15, 0.2) is 24.5 Å². The zero-order valence-corrected chi connectivity index (χ0v) is 26.6. The van der Waals surface area contributed by atoms with Crippen LogP contribution in [0.25, 0.3) is 5.65 Å². The van der Waals surface area contributed by atoms with Crippen LogP contribution in [0, 0.1) is 11.8 Å². The summed E-state index contributed by atoms with van der Waals surface area (Å²) in [4.78, 5) is 29.9. The predicted molar refractivity (Wildman–Crippen MR) is 167 cm³/mol. The highest BCUT2D eigenvalue weighted by Crippen LogP contribution is 2.41. The van der Waals surface area contributed by atoms with Crippen LogP contribution in [0.3, 0.4) is 0 Å². The van der Waals surface area contributed by atoms with E-state index in [1.54, 1.807) is 21.5 Å². The number of aldehydes is 1. The number of nitrogens with one attached hydrogen (secondary N) is 2. The third-order valence-electron chi connectivity index (χ3n) is 9.51. The van der Waals surface area contributed by atoms with Gasteiger partial charge in [0.05, 0.1) is 29.3 Å². The lowest BCUT2D eigenvalue weighted by atomic mass is 9.81. The molecule has 11 nitrogen and oxygen atoms in total. The first kappa shape index (κ1) is 32.9. The summed E-state index contributed by atoms with van der Waals surface area (Å²) in [5.41, 5.74) is 4.09. The molecule has 0 spiro atoms. The molecule has 2 unspecified atom stereocenters. The van der Waals surface area contributed by atoms with Gasteiger partial charge < -0.3 is 20.3 Å². The van der Waals surface area contributed by atoms with Crippen LogP contribution in [-0.2, 0) is 22.5 Å². The van der Waals surface area contributed by atoms with Gasteiger partial charge in [-0.3, -0.25) is 14.3 Å². The fourth-order valence-electron chi connectivity index (χ4n) is 6.83. The van der Waals surface area contributed by atoms with Gasteiger partial charge in [0.2, 0.25) is 11.8 Å². The molecular weight excluding hydrogens is 582 g/mol. The summed E-state index contributed by atoms with van der Waals surface area (Å²) in [5, 5.41) is 15.2. The number of carbonyl (C=O) groups excluding carboxylic acids is 2. The van der Waals surface area contributed by atoms with Crippen molar-refractivity contribution in [3.63, 3.8) is 0 Å². The number of halogens is 2. The molecule has 2 atom stereocenters. The third-order valence-corrected chi connectivity index (χ3v) is 9.51. The normalized spacial score (nSPS) is 21.5. The van der Waals surface area contributed by atoms with E-state index in [-0.39, 0.29) is 36.6 Å². The first-order valence-electron chi connectivity index (χ1n) is 16.2. The number of piperidine rings is 1. The number of ether oxygens (including phenoxy) is 1. The lowest BCUT2D eigenvalue weighted by Crippen LogP contribution is -2.39. The second-order valence-corrected chi connectivity index (χ2v) is 12.4. The molecule has 2 N–H and O–H groups in total. The van der Waals surface area contributed by atoms with Crippen LogP contribution in [0.1, 0.15) is 86.2 Å². The molecule has 3 aromatic heterocycles. The molecule has 1 saturated carbocycles. The summed E-state index contributed by atoms with van der Waals surface area (Å²) in [7, 11) is 3.96. The average molecular weight is 629 g/mol. The minimum Gasteiger partial charge on any atom is -0.381 e. The monoisotopic (exact) mass is 628 g/mol. The van der Waals surface area contributed by atoms with Gasteiger partial charge in [-0.1, -0.05) is 0 Å². The van der Waals surface area contributed by atoms with E-state index in [1.807, 2.05) is 20.2 Å². The standard InChI is InChI=1S/C26H38F2N6O2.C6H8N2O/c1-29-24(17-5-9-26(27,28)10-6-17)21-16-34-23(31-21)15-22(33(2)19-7-12-36-13-8-19)20(32-34)14-18-4-3-11-30-25(18)35;1-2-8-6(5-9)3-4-7-8/h15-19,24,29H,3-14H2,1-2H3,(H,30,35);3-5H,2H2,1H3. The Hall–Kier alpha value is -3.45. The van der Waals surface area contributed by atoms with Gasteiger partial charge in [-0.05, 0) is 64.5 Å². The van der Waals surface area contributed by atoms with E-state index < -0.39 is 5.92 Å². The number of hydrogen-bond donors (Lipinski definition) is 2. The number of hydrogen-bond acceptors (Lipinski definition) is 8. The van der Waals surface area contributed by atoms with Gasteiger partial charge in [0.15, 0.2) is 11.9 Å². The van der Waals surface area contributed by atoms with E-state index >= 15 is 0 Å². The van der Waals surface area contributed by atoms with Crippen molar-refractivity contribution in [3.05, 3.63) is 41.6 Å². The van der Waals surface area contributed by atoms with Crippen molar-refractivity contribution in [2.24, 2.45) is 11.8 Å². The number of imidazole rings is 1. The number of aryl methyl sites for hydroxylation is 1. The van der Waals surface area contributed by atoms with Crippen molar-refractivity contribution in [2.45, 2.75) is 89.3 Å². The van der Waals surface area contributed by atoms with Crippen molar-refractivity contribution < 1.29 is 23.1 Å². The van der Waals surface area contributed by atoms with Crippen molar-refractivity contribution in [2.75, 3.05) is 38.8 Å². The van der Waals surface area contributed by atoms with Crippen molar-refractivity contribution >= 4 is 23.5 Å². The van der Waals surface area contributed by atoms with Crippen LogP contribution in [0.4, 0.5) is 14.5 Å². The largest absolute Gasteiger partial charge is 0.381 e. The lowest BCUT2D eigenvalue weighted by Gasteiger charge is -2.34. The Kier molecular flexibility index (Phi) is 10.8. The van der Waals surface area contributed by atoms with Crippen molar-refractivity contribution in [3.8, 4) is 0 Å². The highest BCUT2D eigenvalue weighted by Gasteiger charge is 2.38. The summed E-state index contributed by atoms with van der Waals surface area (Å²) in [5.74, 6) is -2.45. The van der Waals surface area contributed by atoms with E-state index in [2.05, 4.69) is 33.7 Å². The predicted octanol–water partition coefficient (Wildman–Crippen LogP) is 4.21. The lowest BCUT2D eigenvalue weighted by molar-refractivity contribution is -0.126. The number of carbonyl (C=O) groups is 2. The summed E-state index contributed by atoms with van der Waals surface area (Å²) in [6.07, 6.45) is 9.43. The minimum atomic E-state index is -2.56. The van der Waals surface area contributed by atoms with Gasteiger partial charge in [0.1, 0.15) is 5.69 Å². The average Bonchev–Trinajstić information content (AvgIpc) is 3.69. The van der Waals surface area contributed by atoms with Crippen LogP contribution >= 0.6 is 0 Å². The second-order valence-electron chi connectivity index (χ2n) is 12.4. The topological polar surface area (TPSA) is 119 Å². The summed E-state index contributed by atoms with van der Waals surface area (Å²) in [6.45, 7) is 4.91. The summed E-state index contributed by atoms with van der Waals surface area (Å²) >= 11 is 0. The maximum Gasteiger partial charge on any atom is 0.248 e. The van der Waals surface area contributed by atoms with Gasteiger partial charge in [0, 0.05) is 76.8 Å². The molecule has 13 heteroatoms. The highest BCUT2D eigenvalue weighted by atomic mass is 19.3. The molecule has 6 rings (SSSR count). The number of aromatic nitrogens is 5. The number of amides is 1. The molecule has 1 amide bonds. The molecule has 246 valence electrons. The third kappa shape index (κ3) is 7.86. The Balaban J connectivity index is 0.000000383. The SMILES string of the molecule is CCn1nccc1C=O.CNC(c1cn2nc(CC3CCCNC3=O)c(N(C)C3CCOCC3)cc2n1)C1CCC(F)(F)CC1. The van der Waals surface area contributed by atoms with Crippen molar-refractivity contribution in [1.29, 1.82) is 0 Å². The molecule has 2 saturated heterocycles. The molecule has 0 aromatic carbocycles. The zero-order chi connectivity index (χ0) is 32.0. The molecule has 3 aromatic rings. The number of alkyl halides is 2. The van der Waals surface area contributed by atoms with Crippen LogP contribution < -0.4 is 15.5 Å². The number of fused-ring (bicyclic) bond motifs is 1. The smallest absolute Gasteiger partial charge is 0.248 e. The van der Waals surface area contributed by atoms with Crippen molar-refractivity contribution in [1.82, 2.24) is 35.0 Å². The maximum absolute atomic E-state index is 13.8. The Morgan fingerprint density at radius 3 is 2.62 bits per heavy atom. The Morgan fingerprint density at radius 1 is 1.22 bits per heavy atom. The quantitative estimate of drug-likeness (QED) is 0.339. The van der Waals surface area contributed by atoms with E-state index in [0.717, 1.165) is 81.0 Å². The fraction of sp³-hybridized carbons (Fsp3) is 0.656. The fourth-order valence-corrected chi connectivity index (χ4v) is 6.83. The second kappa shape index (κ2) is 14.8. The first-order chi connectivity index (χ1) is 21.7. The maximum atomic E-state index is 13.8. The van der Waals surface area contributed by atoms with Gasteiger partial charge in [-0.2, -0.15) is 10.2 Å². The van der Waals surface area contributed by atoms with Gasteiger partial charge in [-0.15, -0.1) is 0 Å². The van der Waals surface area contributed by atoms with E-state index in [1.165, 1.54) is 0 Å².